The van der Waals surface area contributed by atoms with E-state index in [0.29, 0.717) is 5.56 Å². The highest BCUT2D eigenvalue weighted by atomic mass is 16.2. The Hall–Kier alpha value is -3.21. The van der Waals surface area contributed by atoms with Crippen molar-refractivity contribution in [1.82, 2.24) is 0 Å². The maximum atomic E-state index is 12.2. The van der Waals surface area contributed by atoms with E-state index in [1.807, 2.05) is 42.5 Å². The standard InChI is InChI=1S/C18H15N3O2/c19-18(23)15-6-3-9-21(11-15)12-17(22)20-16-8-7-13-4-1-2-5-14(13)10-16/h1-11H,12H2,(H2-,19,20,22,23)/p+1. The molecular formula is C18H16N3O2+. The van der Waals surface area contributed by atoms with Gasteiger partial charge in [0.1, 0.15) is 5.56 Å². The normalized spacial score (nSPS) is 10.4. The molecule has 2 amide bonds. The first-order chi connectivity index (χ1) is 11.1. The molecule has 5 nitrogen and oxygen atoms in total. The van der Waals surface area contributed by atoms with Crippen molar-refractivity contribution in [2.75, 3.05) is 5.32 Å². The summed E-state index contributed by atoms with van der Waals surface area (Å²) >= 11 is 0. The van der Waals surface area contributed by atoms with E-state index in [1.165, 1.54) is 0 Å². The quantitative estimate of drug-likeness (QED) is 0.722. The highest BCUT2D eigenvalue weighted by Gasteiger charge is 2.12. The predicted molar refractivity (Wildman–Crippen MR) is 87.7 cm³/mol. The molecule has 0 unspecified atom stereocenters. The maximum absolute atomic E-state index is 12.2. The van der Waals surface area contributed by atoms with Crippen molar-refractivity contribution in [2.45, 2.75) is 6.54 Å². The van der Waals surface area contributed by atoms with Gasteiger partial charge >= 0.3 is 0 Å². The molecule has 0 spiro atoms. The van der Waals surface area contributed by atoms with Crippen molar-refractivity contribution in [2.24, 2.45) is 5.73 Å². The van der Waals surface area contributed by atoms with E-state index >= 15 is 0 Å². The predicted octanol–water partition coefficient (Wildman–Crippen LogP) is 1.86. The summed E-state index contributed by atoms with van der Waals surface area (Å²) in [6.07, 6.45) is 3.27. The lowest BCUT2D eigenvalue weighted by molar-refractivity contribution is -0.684. The smallest absolute Gasteiger partial charge is 0.290 e. The summed E-state index contributed by atoms with van der Waals surface area (Å²) in [6, 6.07) is 17.0. The third kappa shape index (κ3) is 3.52. The number of hydrogen-bond acceptors (Lipinski definition) is 2. The number of benzene rings is 2. The SMILES string of the molecule is NC(=O)c1ccc[n+](CC(=O)Nc2ccc3ccccc3c2)c1. The van der Waals surface area contributed by atoms with Gasteiger partial charge < -0.3 is 11.1 Å². The Kier molecular flexibility index (Phi) is 4.01. The van der Waals surface area contributed by atoms with Crippen molar-refractivity contribution in [3.63, 3.8) is 0 Å². The van der Waals surface area contributed by atoms with E-state index in [2.05, 4.69) is 5.32 Å². The lowest BCUT2D eigenvalue weighted by atomic mass is 10.1. The van der Waals surface area contributed by atoms with Gasteiger partial charge in [-0.2, -0.15) is 4.57 Å². The largest absolute Gasteiger partial charge is 0.365 e. The molecule has 0 bridgehead atoms. The van der Waals surface area contributed by atoms with Gasteiger partial charge in [0, 0.05) is 11.8 Å². The highest BCUT2D eigenvalue weighted by molar-refractivity contribution is 5.94. The van der Waals surface area contributed by atoms with Gasteiger partial charge in [0.25, 0.3) is 11.8 Å². The average molecular weight is 306 g/mol. The monoisotopic (exact) mass is 306 g/mol. The number of fused-ring (bicyclic) bond motifs is 1. The summed E-state index contributed by atoms with van der Waals surface area (Å²) in [6.45, 7) is 0.105. The molecule has 23 heavy (non-hydrogen) atoms. The number of hydrogen-bond donors (Lipinski definition) is 2. The third-order valence-electron chi connectivity index (χ3n) is 3.50. The Bertz CT molecular complexity index is 890. The van der Waals surface area contributed by atoms with Crippen molar-refractivity contribution in [3.05, 3.63) is 72.6 Å². The molecule has 0 fully saturated rings. The van der Waals surface area contributed by atoms with E-state index in [0.717, 1.165) is 16.5 Å². The number of amides is 2. The van der Waals surface area contributed by atoms with Crippen LogP contribution in [0.25, 0.3) is 10.8 Å². The molecule has 0 aliphatic carbocycles. The summed E-state index contributed by atoms with van der Waals surface area (Å²) in [5.74, 6) is -0.693. The van der Waals surface area contributed by atoms with Gasteiger partial charge in [0.2, 0.25) is 6.54 Å². The Morgan fingerprint density at radius 2 is 1.78 bits per heavy atom. The van der Waals surface area contributed by atoms with Crippen LogP contribution in [0, 0.1) is 0 Å². The second-order valence-electron chi connectivity index (χ2n) is 5.24. The van der Waals surface area contributed by atoms with Gasteiger partial charge in [0.05, 0.1) is 0 Å². The Balaban J connectivity index is 1.73. The van der Waals surface area contributed by atoms with Gasteiger partial charge in [-0.15, -0.1) is 0 Å². The van der Waals surface area contributed by atoms with Gasteiger partial charge in [-0.1, -0.05) is 30.3 Å². The molecule has 3 N–H and O–H groups in total. The third-order valence-corrected chi connectivity index (χ3v) is 3.50. The summed E-state index contributed by atoms with van der Waals surface area (Å²) in [4.78, 5) is 23.3. The zero-order valence-corrected chi connectivity index (χ0v) is 12.4. The van der Waals surface area contributed by atoms with Crippen LogP contribution in [-0.2, 0) is 11.3 Å². The lowest BCUT2D eigenvalue weighted by Crippen LogP contribution is -2.40. The molecule has 1 heterocycles. The fraction of sp³-hybridized carbons (Fsp3) is 0.0556. The Morgan fingerprint density at radius 1 is 1.00 bits per heavy atom. The molecule has 0 saturated heterocycles. The summed E-state index contributed by atoms with van der Waals surface area (Å²) in [5.41, 5.74) is 6.34. The van der Waals surface area contributed by atoms with E-state index in [-0.39, 0.29) is 12.5 Å². The average Bonchev–Trinajstić information content (AvgIpc) is 2.55. The fourth-order valence-corrected chi connectivity index (χ4v) is 2.40. The van der Waals surface area contributed by atoms with Gasteiger partial charge in [-0.05, 0) is 29.0 Å². The molecule has 0 aliphatic heterocycles. The number of primary amides is 1. The molecule has 2 aromatic carbocycles. The number of carbonyl (C=O) groups excluding carboxylic acids is 2. The molecule has 114 valence electrons. The van der Waals surface area contributed by atoms with E-state index < -0.39 is 5.91 Å². The number of nitrogens with two attached hydrogens (primary N) is 1. The van der Waals surface area contributed by atoms with Crippen LogP contribution in [0.2, 0.25) is 0 Å². The number of carbonyl (C=O) groups is 2. The maximum Gasteiger partial charge on any atom is 0.290 e. The lowest BCUT2D eigenvalue weighted by Gasteiger charge is -2.05. The minimum atomic E-state index is -0.519. The summed E-state index contributed by atoms with van der Waals surface area (Å²) < 4.78 is 1.62. The first kappa shape index (κ1) is 14.7. The number of rotatable bonds is 4. The van der Waals surface area contributed by atoms with Crippen LogP contribution in [-0.4, -0.2) is 11.8 Å². The van der Waals surface area contributed by atoms with Crippen LogP contribution >= 0.6 is 0 Å². The number of aromatic nitrogens is 1. The summed E-state index contributed by atoms with van der Waals surface area (Å²) in [5, 5.41) is 5.04. The van der Waals surface area contributed by atoms with Crippen LogP contribution in [0.4, 0.5) is 5.69 Å². The molecule has 0 saturated carbocycles. The van der Waals surface area contributed by atoms with E-state index in [4.69, 9.17) is 5.73 Å². The van der Waals surface area contributed by atoms with Crippen LogP contribution in [0.3, 0.4) is 0 Å². The number of anilines is 1. The van der Waals surface area contributed by atoms with E-state index in [9.17, 15) is 9.59 Å². The Morgan fingerprint density at radius 3 is 2.57 bits per heavy atom. The van der Waals surface area contributed by atoms with Crippen molar-refractivity contribution in [1.29, 1.82) is 0 Å². The molecule has 0 aliphatic rings. The van der Waals surface area contributed by atoms with Gasteiger partial charge in [-0.25, -0.2) is 0 Å². The number of nitrogens with one attached hydrogen (secondary N) is 1. The molecule has 0 radical (unpaired) electrons. The molecule has 5 heteroatoms. The first-order valence-electron chi connectivity index (χ1n) is 7.19. The Labute approximate surface area is 133 Å². The van der Waals surface area contributed by atoms with E-state index in [1.54, 1.807) is 29.1 Å². The van der Waals surface area contributed by atoms with Gasteiger partial charge in [-0.3, -0.25) is 9.59 Å². The van der Waals surface area contributed by atoms with Crippen molar-refractivity contribution < 1.29 is 14.2 Å². The molecule has 3 rings (SSSR count). The van der Waals surface area contributed by atoms with Crippen LogP contribution < -0.4 is 15.6 Å². The number of pyridine rings is 1. The molecule has 0 atom stereocenters. The topological polar surface area (TPSA) is 76.1 Å². The molecular weight excluding hydrogens is 290 g/mol. The fourth-order valence-electron chi connectivity index (χ4n) is 2.40. The second-order valence-corrected chi connectivity index (χ2v) is 5.24. The summed E-state index contributed by atoms with van der Waals surface area (Å²) in [7, 11) is 0. The van der Waals surface area contributed by atoms with Crippen LogP contribution in [0.1, 0.15) is 10.4 Å². The van der Waals surface area contributed by atoms with Crippen LogP contribution in [0.15, 0.2) is 67.0 Å². The zero-order chi connectivity index (χ0) is 16.2. The molecule has 3 aromatic rings. The van der Waals surface area contributed by atoms with Crippen molar-refractivity contribution in [3.8, 4) is 0 Å². The second kappa shape index (κ2) is 6.27. The minimum Gasteiger partial charge on any atom is -0.365 e. The van der Waals surface area contributed by atoms with Crippen LogP contribution in [0.5, 0.6) is 0 Å². The number of nitrogens with zero attached hydrogens (tertiary/aromatic N) is 1. The minimum absolute atomic E-state index is 0.105. The van der Waals surface area contributed by atoms with Gasteiger partial charge in [0.15, 0.2) is 12.4 Å². The zero-order valence-electron chi connectivity index (χ0n) is 12.4. The first-order valence-corrected chi connectivity index (χ1v) is 7.19. The highest BCUT2D eigenvalue weighted by Crippen LogP contribution is 2.18. The van der Waals surface area contributed by atoms with Crippen molar-refractivity contribution >= 4 is 28.3 Å². The molecule has 1 aromatic heterocycles.